The van der Waals surface area contributed by atoms with Crippen molar-refractivity contribution in [2.45, 2.75) is 136 Å². The number of hydrogen-bond donors (Lipinski definition) is 4. The summed E-state index contributed by atoms with van der Waals surface area (Å²) in [4.78, 5) is 111. The molecule has 0 aliphatic carbocycles. The number of aliphatic carboxylic acids is 2. The molecule has 645 valence electrons. The van der Waals surface area contributed by atoms with Crippen LogP contribution in [0.2, 0.25) is 0 Å². The van der Waals surface area contributed by atoms with Gasteiger partial charge in [0, 0.05) is 139 Å². The van der Waals surface area contributed by atoms with E-state index in [1.165, 1.54) is 33.4 Å². The second-order valence-corrected chi connectivity index (χ2v) is 31.1. The predicted octanol–water partition coefficient (Wildman–Crippen LogP) is 16.3. The summed E-state index contributed by atoms with van der Waals surface area (Å²) in [7, 11) is 0. The average Bonchev–Trinajstić information content (AvgIpc) is 1.71. The van der Waals surface area contributed by atoms with Gasteiger partial charge in [-0.1, -0.05) is 229 Å². The molecule has 0 saturated heterocycles. The van der Waals surface area contributed by atoms with Gasteiger partial charge in [-0.3, -0.25) is 29.4 Å². The van der Waals surface area contributed by atoms with Crippen LogP contribution < -0.4 is 10.2 Å². The quantitative estimate of drug-likeness (QED) is 0.0408. The predicted molar refractivity (Wildman–Crippen MR) is 493 cm³/mol. The molecule has 0 saturated carbocycles. The zero-order valence-corrected chi connectivity index (χ0v) is 74.7. The number of rotatable bonds is 24. The SMILES string of the molecule is CC(=O)[O-].CC(=O)[O-].CCN(CC)Cc1cc2c3nc4nc(nc5[nH]c(nc6nc(nc([nH]3)c2c(CN(CC)CC)c1CN(CC)CC)-c1ccccc1-6)c1ccccc51)-c1ccccc1-4.CCN(CC)Cc1cc2c3nc4nc(nc5[nH]c(nc6nc(nc([nH]3)c2c(CN(CC)CC)c1CN(CC)CC)-c1ccccc1-6)c1ccccc51)-c1ccccc1-4.[Cu+2]. The normalized spacial score (nSPS) is 11.9. The minimum Gasteiger partial charge on any atom is -0.550 e. The van der Waals surface area contributed by atoms with Crippen molar-refractivity contribution in [3.63, 3.8) is 0 Å². The summed E-state index contributed by atoms with van der Waals surface area (Å²) in [6.45, 7) is 45.3. The number of carbonyl (C=O) groups is 2. The van der Waals surface area contributed by atoms with Crippen molar-refractivity contribution in [3.05, 3.63) is 191 Å². The van der Waals surface area contributed by atoms with Gasteiger partial charge in [0.15, 0.2) is 46.6 Å². The van der Waals surface area contributed by atoms with Gasteiger partial charge >= 0.3 is 17.1 Å². The average molecular weight is 1720 g/mol. The molecule has 26 nitrogen and oxygen atoms in total. The largest absolute Gasteiger partial charge is 2.00 e. The molecule has 4 N–H and O–H groups in total. The number of carboxylic acids is 2. The molecular weight excluding hydrogens is 1610 g/mol. The summed E-state index contributed by atoms with van der Waals surface area (Å²) in [5, 5.41) is 25.8. The van der Waals surface area contributed by atoms with Crippen LogP contribution >= 0.6 is 0 Å². The van der Waals surface area contributed by atoms with Crippen molar-refractivity contribution in [3.8, 4) is 91.1 Å². The molecule has 16 bridgehead atoms. The monoisotopic (exact) mass is 1720 g/mol. The minimum atomic E-state index is -1.08. The summed E-state index contributed by atoms with van der Waals surface area (Å²) in [6, 6.07) is 54.1. The van der Waals surface area contributed by atoms with E-state index in [4.69, 9.17) is 79.6 Å². The number of aromatic amines is 4. The van der Waals surface area contributed by atoms with Gasteiger partial charge in [-0.2, -0.15) is 0 Å². The van der Waals surface area contributed by atoms with Crippen molar-refractivity contribution < 1.29 is 36.9 Å². The molecule has 18 rings (SSSR count). The summed E-state index contributed by atoms with van der Waals surface area (Å²) in [6.07, 6.45) is 0. The Balaban J connectivity index is 0.000000186. The maximum atomic E-state index is 8.89. The van der Waals surface area contributed by atoms with E-state index >= 15 is 0 Å². The van der Waals surface area contributed by atoms with Crippen LogP contribution in [0.3, 0.4) is 0 Å². The molecule has 27 heteroatoms. The Morgan fingerprint density at radius 1 is 0.248 bits per heavy atom. The van der Waals surface area contributed by atoms with Crippen LogP contribution in [0.25, 0.3) is 179 Å². The Labute approximate surface area is 738 Å². The Morgan fingerprint density at radius 2 is 0.416 bits per heavy atom. The fourth-order valence-corrected chi connectivity index (χ4v) is 17.1. The number of benzene rings is 8. The molecule has 0 fully saturated rings. The van der Waals surface area contributed by atoms with E-state index in [1.807, 2.05) is 72.8 Å². The van der Waals surface area contributed by atoms with Gasteiger partial charge in [0.25, 0.3) is 0 Å². The summed E-state index contributed by atoms with van der Waals surface area (Å²) in [5.41, 5.74) is 21.1. The third-order valence-electron chi connectivity index (χ3n) is 24.0. The van der Waals surface area contributed by atoms with Crippen LogP contribution in [0.4, 0.5) is 0 Å². The zero-order chi connectivity index (χ0) is 87.0. The molecule has 0 unspecified atom stereocenters. The van der Waals surface area contributed by atoms with Crippen LogP contribution in [0.5, 0.6) is 0 Å². The van der Waals surface area contributed by atoms with E-state index in [2.05, 4.69) is 217 Å². The van der Waals surface area contributed by atoms with Gasteiger partial charge in [0.2, 0.25) is 0 Å². The van der Waals surface area contributed by atoms with Crippen LogP contribution in [-0.2, 0) is 65.9 Å². The number of carboxylic acid groups (broad SMARTS) is 2. The molecule has 4 aliphatic heterocycles. The van der Waals surface area contributed by atoms with E-state index in [0.29, 0.717) is 69.2 Å². The van der Waals surface area contributed by atoms with Gasteiger partial charge in [0.05, 0.1) is 0 Å². The first-order valence-electron chi connectivity index (χ1n) is 43.6. The first-order valence-corrected chi connectivity index (χ1v) is 43.6. The summed E-state index contributed by atoms with van der Waals surface area (Å²) in [5.74, 6) is 2.69. The number of nitrogens with one attached hydrogen (secondary N) is 4. The number of hydrogen-bond acceptors (Lipinski definition) is 22. The molecular formula is C98H108CuN22O4. The van der Waals surface area contributed by atoms with E-state index in [0.717, 1.165) is 242 Å². The second-order valence-electron chi connectivity index (χ2n) is 31.1. The van der Waals surface area contributed by atoms with Crippen molar-refractivity contribution in [2.24, 2.45) is 0 Å². The molecule has 0 spiro atoms. The van der Waals surface area contributed by atoms with E-state index in [-0.39, 0.29) is 17.1 Å². The van der Waals surface area contributed by atoms with Crippen LogP contribution in [0.1, 0.15) is 130 Å². The molecule has 0 atom stereocenters. The topological polar surface area (TPSA) is 318 Å². The van der Waals surface area contributed by atoms with Crippen molar-refractivity contribution in [1.29, 1.82) is 0 Å². The third kappa shape index (κ3) is 18.5. The van der Waals surface area contributed by atoms with Crippen LogP contribution in [0, 0.1) is 0 Å². The molecule has 125 heavy (non-hydrogen) atoms. The fraction of sp³-hybridized carbons (Fsp3) is 0.327. The van der Waals surface area contributed by atoms with Gasteiger partial charge < -0.3 is 39.7 Å². The fourth-order valence-electron chi connectivity index (χ4n) is 17.1. The van der Waals surface area contributed by atoms with Gasteiger partial charge in [0.1, 0.15) is 45.2 Å². The Morgan fingerprint density at radius 3 is 0.624 bits per heavy atom. The van der Waals surface area contributed by atoms with E-state index in [9.17, 15) is 0 Å². The summed E-state index contributed by atoms with van der Waals surface area (Å²) < 4.78 is 0. The minimum absolute atomic E-state index is 0. The molecule has 1 radical (unpaired) electrons. The smallest absolute Gasteiger partial charge is 0.550 e. The molecule has 0 amide bonds. The molecule has 6 aromatic heterocycles. The molecule has 8 aromatic carbocycles. The zero-order valence-electron chi connectivity index (χ0n) is 73.7. The third-order valence-corrected chi connectivity index (χ3v) is 24.0. The van der Waals surface area contributed by atoms with Crippen LogP contribution in [0.15, 0.2) is 158 Å². The maximum absolute atomic E-state index is 8.89. The standard InChI is InChI=1S/2C47H51N11.2C2H4O2.Cu/c2*1-7-56(8-2)26-29-25-36-39(38(28-58(11-5)12-6)37(29)27-57(9-3)10-4)47-54-45-35-24-18-17-23-34(35)43(52-45)50-41-31-20-14-13-19-30(31)40(48-41)49-42-32-21-15-16-22-33(32)44(51-42)53-46(36)55-47;2*1-2(3)4;/h2*13-25H,7-12,26-28H2,1-6H3,(H2,48,49,50,51,52,53,54,55);2*1H3,(H,3,4);/q;;;;+2/p-2. The van der Waals surface area contributed by atoms with Crippen molar-refractivity contribution >= 4 is 100 Å². The van der Waals surface area contributed by atoms with E-state index < -0.39 is 11.9 Å². The van der Waals surface area contributed by atoms with Crippen molar-refractivity contribution in [2.75, 3.05) is 78.5 Å². The maximum Gasteiger partial charge on any atom is 2.00 e. The Hall–Kier alpha value is -12.3. The number of aromatic nitrogens is 16. The number of H-pyrrole nitrogens is 4. The number of fused-ring (bicyclic) bond motifs is 40. The van der Waals surface area contributed by atoms with Gasteiger partial charge in [-0.25, -0.2) is 59.8 Å². The van der Waals surface area contributed by atoms with E-state index in [1.54, 1.807) is 0 Å². The first-order chi connectivity index (χ1) is 60.3. The first kappa shape index (κ1) is 89.0. The molecule has 4 aliphatic rings. The van der Waals surface area contributed by atoms with Gasteiger partial charge in [-0.05, 0) is 138 Å². The van der Waals surface area contributed by atoms with Crippen LogP contribution in [-0.4, -0.2) is 200 Å². The second kappa shape index (κ2) is 39.7. The molecule has 10 heterocycles. The summed E-state index contributed by atoms with van der Waals surface area (Å²) >= 11 is 0. The number of carbonyl (C=O) groups excluding carboxylic acids is 2. The Kier molecular flexibility index (Phi) is 28.3. The Bertz CT molecular complexity index is 6290. The van der Waals surface area contributed by atoms with Crippen molar-refractivity contribution in [1.82, 2.24) is 109 Å². The number of nitrogens with zero attached hydrogens (tertiary/aromatic N) is 18. The molecule has 14 aromatic rings. The van der Waals surface area contributed by atoms with Gasteiger partial charge in [-0.15, -0.1) is 0 Å².